The lowest BCUT2D eigenvalue weighted by molar-refractivity contribution is 0.0991. The Hall–Kier alpha value is -1.38. The predicted molar refractivity (Wildman–Crippen MR) is 33.8 cm³/mol. The Labute approximate surface area is 57.5 Å². The van der Waals surface area contributed by atoms with Gasteiger partial charge in [-0.2, -0.15) is 0 Å². The zero-order chi connectivity index (χ0) is 7.56. The van der Waals surface area contributed by atoms with Crippen LogP contribution in [0.4, 0.5) is 4.39 Å². The van der Waals surface area contributed by atoms with Crippen LogP contribution in [-0.2, 0) is 0 Å². The fourth-order valence-corrected chi connectivity index (χ4v) is 0.630. The lowest BCUT2D eigenvalue weighted by Crippen LogP contribution is -1.98. The topological polar surface area (TPSA) is 40.9 Å². The summed E-state index contributed by atoms with van der Waals surface area (Å²) in [5, 5.41) is 0. The molecule has 2 nitrogen and oxygen atoms in total. The third-order valence-electron chi connectivity index (χ3n) is 1.09. The van der Waals surface area contributed by atoms with E-state index < -0.39 is 11.7 Å². The first-order valence-corrected chi connectivity index (χ1v) is 2.71. The number of rotatable bonds is 1. The van der Waals surface area contributed by atoms with Gasteiger partial charge in [-0.05, 0) is 18.2 Å². The van der Waals surface area contributed by atoms with Gasteiger partial charge in [0.2, 0.25) is 0 Å². The van der Waals surface area contributed by atoms with Crippen molar-refractivity contribution in [2.24, 2.45) is 0 Å². The summed E-state index contributed by atoms with van der Waals surface area (Å²) < 4.78 is 12.3. The SMILES string of the molecule is [NH]C(=O)c1cccc(F)c1. The molecular formula is C7H5FNO. The highest BCUT2D eigenvalue weighted by Crippen LogP contribution is 2.01. The van der Waals surface area contributed by atoms with E-state index in [-0.39, 0.29) is 5.56 Å². The second-order valence-electron chi connectivity index (χ2n) is 1.84. The molecule has 10 heavy (non-hydrogen) atoms. The first kappa shape index (κ1) is 6.74. The molecule has 0 aliphatic rings. The Morgan fingerprint density at radius 3 is 2.60 bits per heavy atom. The summed E-state index contributed by atoms with van der Waals surface area (Å²) in [4.78, 5) is 10.3. The summed E-state index contributed by atoms with van der Waals surface area (Å²) in [5.41, 5.74) is 6.69. The molecule has 1 aromatic carbocycles. The van der Waals surface area contributed by atoms with Crippen molar-refractivity contribution in [3.8, 4) is 0 Å². The molecule has 0 atom stereocenters. The van der Waals surface area contributed by atoms with Gasteiger partial charge in [-0.3, -0.25) is 10.5 Å². The van der Waals surface area contributed by atoms with E-state index in [0.29, 0.717) is 0 Å². The maximum Gasteiger partial charge on any atom is 0.269 e. The summed E-state index contributed by atoms with van der Waals surface area (Å²) in [6.07, 6.45) is 0. The number of hydrogen-bond donors (Lipinski definition) is 0. The van der Waals surface area contributed by atoms with Crippen LogP contribution in [0.2, 0.25) is 0 Å². The molecule has 0 aliphatic carbocycles. The lowest BCUT2D eigenvalue weighted by atomic mass is 10.2. The lowest BCUT2D eigenvalue weighted by Gasteiger charge is -1.91. The van der Waals surface area contributed by atoms with Crippen LogP contribution in [0.1, 0.15) is 10.4 Å². The molecular weight excluding hydrogens is 133 g/mol. The zero-order valence-corrected chi connectivity index (χ0v) is 5.10. The summed E-state index contributed by atoms with van der Waals surface area (Å²) in [7, 11) is 0. The van der Waals surface area contributed by atoms with Crippen LogP contribution in [0.25, 0.3) is 0 Å². The van der Waals surface area contributed by atoms with Gasteiger partial charge in [-0.25, -0.2) is 4.39 Å². The molecule has 0 fully saturated rings. The first-order chi connectivity index (χ1) is 4.70. The van der Waals surface area contributed by atoms with Gasteiger partial charge in [0.1, 0.15) is 5.82 Å². The minimum Gasteiger partial charge on any atom is -0.267 e. The van der Waals surface area contributed by atoms with E-state index in [0.717, 1.165) is 6.07 Å². The van der Waals surface area contributed by atoms with E-state index in [1.165, 1.54) is 18.2 Å². The quantitative estimate of drug-likeness (QED) is 0.575. The summed E-state index contributed by atoms with van der Waals surface area (Å²) >= 11 is 0. The van der Waals surface area contributed by atoms with Crippen molar-refractivity contribution in [1.82, 2.24) is 5.73 Å². The standard InChI is InChI=1S/C7H5FNO/c8-6-3-1-2-5(4-6)7(9)10/h1-4,9H. The number of amides is 1. The molecule has 1 rings (SSSR count). The molecule has 0 aliphatic heterocycles. The fourth-order valence-electron chi connectivity index (χ4n) is 0.630. The Morgan fingerprint density at radius 2 is 2.20 bits per heavy atom. The van der Waals surface area contributed by atoms with Crippen molar-refractivity contribution in [3.05, 3.63) is 35.6 Å². The third-order valence-corrected chi connectivity index (χ3v) is 1.09. The minimum atomic E-state index is -0.862. The molecule has 1 amide bonds. The Balaban J connectivity index is 3.07. The van der Waals surface area contributed by atoms with Crippen LogP contribution in [0.3, 0.4) is 0 Å². The summed E-state index contributed by atoms with van der Waals surface area (Å²) in [5.74, 6) is -1.35. The summed E-state index contributed by atoms with van der Waals surface area (Å²) in [6.45, 7) is 0. The monoisotopic (exact) mass is 138 g/mol. The van der Waals surface area contributed by atoms with E-state index in [2.05, 4.69) is 0 Å². The molecule has 0 saturated heterocycles. The van der Waals surface area contributed by atoms with Crippen molar-refractivity contribution < 1.29 is 9.18 Å². The Bertz CT molecular complexity index is 260. The van der Waals surface area contributed by atoms with Crippen molar-refractivity contribution in [2.75, 3.05) is 0 Å². The van der Waals surface area contributed by atoms with Crippen molar-refractivity contribution >= 4 is 5.91 Å². The van der Waals surface area contributed by atoms with Crippen LogP contribution in [-0.4, -0.2) is 5.91 Å². The number of benzene rings is 1. The van der Waals surface area contributed by atoms with Crippen molar-refractivity contribution in [1.29, 1.82) is 0 Å². The predicted octanol–water partition coefficient (Wildman–Crippen LogP) is 1.25. The maximum atomic E-state index is 12.3. The van der Waals surface area contributed by atoms with E-state index in [1.54, 1.807) is 0 Å². The van der Waals surface area contributed by atoms with Crippen LogP contribution in [0.15, 0.2) is 24.3 Å². The first-order valence-electron chi connectivity index (χ1n) is 2.71. The molecule has 3 heteroatoms. The van der Waals surface area contributed by atoms with Gasteiger partial charge in [-0.15, -0.1) is 0 Å². The molecule has 0 bridgehead atoms. The van der Waals surface area contributed by atoms with Gasteiger partial charge in [0.25, 0.3) is 5.91 Å². The van der Waals surface area contributed by atoms with E-state index in [1.807, 2.05) is 0 Å². The average Bonchev–Trinajstić information content (AvgIpc) is 1.88. The Morgan fingerprint density at radius 1 is 1.50 bits per heavy atom. The molecule has 1 aromatic rings. The number of halogens is 1. The second-order valence-corrected chi connectivity index (χ2v) is 1.84. The van der Waals surface area contributed by atoms with Crippen LogP contribution < -0.4 is 5.73 Å². The van der Waals surface area contributed by atoms with Crippen LogP contribution in [0, 0.1) is 5.82 Å². The zero-order valence-electron chi connectivity index (χ0n) is 5.10. The number of hydrogen-bond acceptors (Lipinski definition) is 1. The number of carbonyl (C=O) groups excluding carboxylic acids is 1. The third kappa shape index (κ3) is 1.31. The Kier molecular flexibility index (Phi) is 1.67. The summed E-state index contributed by atoms with van der Waals surface area (Å²) in [6, 6.07) is 5.07. The molecule has 0 aromatic heterocycles. The molecule has 0 saturated carbocycles. The maximum absolute atomic E-state index is 12.3. The number of carbonyl (C=O) groups is 1. The van der Waals surface area contributed by atoms with Gasteiger partial charge >= 0.3 is 0 Å². The average molecular weight is 138 g/mol. The van der Waals surface area contributed by atoms with Gasteiger partial charge in [0.05, 0.1) is 0 Å². The highest BCUT2D eigenvalue weighted by Gasteiger charge is 1.99. The molecule has 51 valence electrons. The second kappa shape index (κ2) is 2.47. The minimum absolute atomic E-state index is 0.0833. The largest absolute Gasteiger partial charge is 0.269 e. The highest BCUT2D eigenvalue weighted by atomic mass is 19.1. The molecule has 0 spiro atoms. The van der Waals surface area contributed by atoms with E-state index >= 15 is 0 Å². The fraction of sp³-hybridized carbons (Fsp3) is 0. The van der Waals surface area contributed by atoms with Gasteiger partial charge in [0, 0.05) is 5.56 Å². The van der Waals surface area contributed by atoms with Gasteiger partial charge in [0.15, 0.2) is 0 Å². The molecule has 0 unspecified atom stereocenters. The number of nitrogens with one attached hydrogen (secondary N) is 1. The normalized spacial score (nSPS) is 9.30. The molecule has 1 radical (unpaired) electrons. The molecule has 0 heterocycles. The van der Waals surface area contributed by atoms with Gasteiger partial charge in [-0.1, -0.05) is 6.07 Å². The van der Waals surface area contributed by atoms with Gasteiger partial charge < -0.3 is 0 Å². The van der Waals surface area contributed by atoms with Crippen molar-refractivity contribution in [2.45, 2.75) is 0 Å². The van der Waals surface area contributed by atoms with Crippen molar-refractivity contribution in [3.63, 3.8) is 0 Å². The van der Waals surface area contributed by atoms with E-state index in [9.17, 15) is 9.18 Å². The van der Waals surface area contributed by atoms with Crippen LogP contribution >= 0.6 is 0 Å². The molecule has 1 N–H and O–H groups in total. The smallest absolute Gasteiger partial charge is 0.267 e. The van der Waals surface area contributed by atoms with E-state index in [4.69, 9.17) is 5.73 Å². The van der Waals surface area contributed by atoms with Crippen LogP contribution in [0.5, 0.6) is 0 Å². The highest BCUT2D eigenvalue weighted by molar-refractivity contribution is 5.92.